The lowest BCUT2D eigenvalue weighted by atomic mass is 10.4. The van der Waals surface area contributed by atoms with Crippen LogP contribution in [0.3, 0.4) is 0 Å². The van der Waals surface area contributed by atoms with Gasteiger partial charge in [0.15, 0.2) is 0 Å². The first-order valence-corrected chi connectivity index (χ1v) is 8.47. The third kappa shape index (κ3) is 5.85. The third-order valence-electron chi connectivity index (χ3n) is 2.69. The fraction of sp³-hybridized carbons (Fsp3) is 0.417. The van der Waals surface area contributed by atoms with E-state index in [0.717, 1.165) is 0 Å². The molecule has 0 unspecified atom stereocenters. The number of carbonyl (C=O) groups excluding carboxylic acids is 1. The number of nitrogens with zero attached hydrogens (tertiary/aromatic N) is 5. The minimum Gasteiger partial charge on any atom is -0.367 e. The van der Waals surface area contributed by atoms with Gasteiger partial charge in [0.1, 0.15) is 5.82 Å². The molecule has 2 N–H and O–H groups in total. The van der Waals surface area contributed by atoms with Crippen LogP contribution in [-0.4, -0.2) is 49.9 Å². The molecule has 0 aliphatic heterocycles. The van der Waals surface area contributed by atoms with E-state index in [0.29, 0.717) is 46.3 Å². The Morgan fingerprint density at radius 2 is 2.22 bits per heavy atom. The van der Waals surface area contributed by atoms with Crippen LogP contribution in [0.1, 0.15) is 6.42 Å². The zero-order valence-electron chi connectivity index (χ0n) is 12.3. The number of tetrazole rings is 1. The van der Waals surface area contributed by atoms with Gasteiger partial charge in [-0.25, -0.2) is 9.67 Å². The summed E-state index contributed by atoms with van der Waals surface area (Å²) in [6.07, 6.45) is 1.89. The van der Waals surface area contributed by atoms with Crippen molar-refractivity contribution in [1.82, 2.24) is 30.5 Å². The SMILES string of the molecule is Cn1nnnc1SCCC(=O)NCCNc1ncc(Cl)cc1Cl. The van der Waals surface area contributed by atoms with Crippen LogP contribution in [0.5, 0.6) is 0 Å². The molecule has 2 heterocycles. The molecule has 8 nitrogen and oxygen atoms in total. The van der Waals surface area contributed by atoms with E-state index in [2.05, 4.69) is 31.1 Å². The topological polar surface area (TPSA) is 97.6 Å². The summed E-state index contributed by atoms with van der Waals surface area (Å²) < 4.78 is 1.56. The van der Waals surface area contributed by atoms with E-state index in [1.807, 2.05) is 0 Å². The molecule has 23 heavy (non-hydrogen) atoms. The Bertz CT molecular complexity index is 667. The van der Waals surface area contributed by atoms with Gasteiger partial charge in [-0.1, -0.05) is 35.0 Å². The molecule has 0 saturated heterocycles. The average molecular weight is 376 g/mol. The predicted octanol–water partition coefficient (Wildman–Crippen LogP) is 1.62. The van der Waals surface area contributed by atoms with Crippen LogP contribution in [0.4, 0.5) is 5.82 Å². The fourth-order valence-corrected chi connectivity index (χ4v) is 2.83. The Balaban J connectivity index is 1.60. The number of anilines is 1. The molecular weight excluding hydrogens is 361 g/mol. The van der Waals surface area contributed by atoms with Gasteiger partial charge in [-0.3, -0.25) is 4.79 Å². The molecule has 2 aromatic heterocycles. The van der Waals surface area contributed by atoms with E-state index < -0.39 is 0 Å². The van der Waals surface area contributed by atoms with Crippen molar-refractivity contribution in [1.29, 1.82) is 0 Å². The highest BCUT2D eigenvalue weighted by Crippen LogP contribution is 2.22. The lowest BCUT2D eigenvalue weighted by Gasteiger charge is -2.08. The Hall–Kier alpha value is -1.58. The van der Waals surface area contributed by atoms with Crippen molar-refractivity contribution < 1.29 is 4.79 Å². The number of pyridine rings is 1. The molecule has 0 aliphatic carbocycles. The molecule has 124 valence electrons. The van der Waals surface area contributed by atoms with Crippen LogP contribution >= 0.6 is 35.0 Å². The maximum atomic E-state index is 11.7. The van der Waals surface area contributed by atoms with E-state index in [9.17, 15) is 4.79 Å². The van der Waals surface area contributed by atoms with Crippen molar-refractivity contribution in [2.45, 2.75) is 11.6 Å². The van der Waals surface area contributed by atoms with Gasteiger partial charge < -0.3 is 10.6 Å². The number of amides is 1. The van der Waals surface area contributed by atoms with Gasteiger partial charge in [-0.15, -0.1) is 5.10 Å². The quantitative estimate of drug-likeness (QED) is 0.534. The van der Waals surface area contributed by atoms with Crippen LogP contribution in [0, 0.1) is 0 Å². The average Bonchev–Trinajstić information content (AvgIpc) is 2.91. The van der Waals surface area contributed by atoms with Crippen molar-refractivity contribution >= 4 is 46.7 Å². The lowest BCUT2D eigenvalue weighted by molar-refractivity contribution is -0.120. The minimum atomic E-state index is -0.0374. The summed E-state index contributed by atoms with van der Waals surface area (Å²) in [5.74, 6) is 1.11. The van der Waals surface area contributed by atoms with Crippen molar-refractivity contribution in [2.24, 2.45) is 7.05 Å². The van der Waals surface area contributed by atoms with Crippen LogP contribution in [0.25, 0.3) is 0 Å². The van der Waals surface area contributed by atoms with Gasteiger partial charge in [0.05, 0.1) is 10.0 Å². The standard InChI is InChI=1S/C12H15Cl2N7OS/c1-21-12(18-19-20-21)23-5-2-10(22)15-3-4-16-11-9(14)6-8(13)7-17-11/h6-7H,2-5H2,1H3,(H,15,22)(H,16,17). The monoisotopic (exact) mass is 375 g/mol. The molecule has 0 aliphatic rings. The summed E-state index contributed by atoms with van der Waals surface area (Å²) in [7, 11) is 1.75. The molecule has 0 aromatic carbocycles. The van der Waals surface area contributed by atoms with Crippen molar-refractivity contribution in [3.05, 3.63) is 22.3 Å². The Kier molecular flexibility index (Phi) is 6.87. The summed E-state index contributed by atoms with van der Waals surface area (Å²) in [4.78, 5) is 15.8. The maximum absolute atomic E-state index is 11.7. The second-order valence-electron chi connectivity index (χ2n) is 4.44. The zero-order valence-corrected chi connectivity index (χ0v) is 14.6. The molecule has 0 saturated carbocycles. The van der Waals surface area contributed by atoms with Gasteiger partial charge in [-0.05, 0) is 16.5 Å². The van der Waals surface area contributed by atoms with E-state index in [1.54, 1.807) is 17.8 Å². The first-order chi connectivity index (χ1) is 11.1. The number of hydrogen-bond acceptors (Lipinski definition) is 7. The first-order valence-electron chi connectivity index (χ1n) is 6.73. The fourth-order valence-electron chi connectivity index (χ4n) is 1.59. The molecule has 2 rings (SSSR count). The summed E-state index contributed by atoms with van der Waals surface area (Å²) >= 11 is 13.2. The second-order valence-corrected chi connectivity index (χ2v) is 6.35. The highest BCUT2D eigenvalue weighted by molar-refractivity contribution is 7.99. The lowest BCUT2D eigenvalue weighted by Crippen LogP contribution is -2.29. The van der Waals surface area contributed by atoms with Gasteiger partial charge in [0.2, 0.25) is 11.1 Å². The van der Waals surface area contributed by atoms with Crippen LogP contribution in [0.15, 0.2) is 17.4 Å². The number of aromatic nitrogens is 5. The smallest absolute Gasteiger partial charge is 0.220 e. The molecule has 11 heteroatoms. The Morgan fingerprint density at radius 3 is 2.91 bits per heavy atom. The number of aryl methyl sites for hydroxylation is 1. The van der Waals surface area contributed by atoms with E-state index >= 15 is 0 Å². The molecule has 0 atom stereocenters. The number of hydrogen-bond donors (Lipinski definition) is 2. The zero-order chi connectivity index (χ0) is 16.7. The van der Waals surface area contributed by atoms with Crippen LogP contribution in [-0.2, 0) is 11.8 Å². The van der Waals surface area contributed by atoms with Gasteiger partial charge in [0.25, 0.3) is 0 Å². The highest BCUT2D eigenvalue weighted by Gasteiger charge is 2.06. The first kappa shape index (κ1) is 17.8. The summed E-state index contributed by atoms with van der Waals surface area (Å²) in [5, 5.41) is 18.5. The maximum Gasteiger partial charge on any atom is 0.220 e. The molecular formula is C12H15Cl2N7OS. The Labute approximate surface area is 147 Å². The Morgan fingerprint density at radius 1 is 1.39 bits per heavy atom. The summed E-state index contributed by atoms with van der Waals surface area (Å²) in [6.45, 7) is 0.982. The van der Waals surface area contributed by atoms with Gasteiger partial charge in [0, 0.05) is 38.5 Å². The van der Waals surface area contributed by atoms with Crippen LogP contribution in [0.2, 0.25) is 10.0 Å². The summed E-state index contributed by atoms with van der Waals surface area (Å²) in [5.41, 5.74) is 0. The largest absolute Gasteiger partial charge is 0.367 e. The molecule has 0 bridgehead atoms. The van der Waals surface area contributed by atoms with Crippen molar-refractivity contribution in [2.75, 3.05) is 24.2 Å². The van der Waals surface area contributed by atoms with E-state index in [-0.39, 0.29) is 5.91 Å². The molecule has 0 radical (unpaired) electrons. The number of rotatable bonds is 8. The van der Waals surface area contributed by atoms with E-state index in [1.165, 1.54) is 18.0 Å². The van der Waals surface area contributed by atoms with E-state index in [4.69, 9.17) is 23.2 Å². The number of nitrogens with one attached hydrogen (secondary N) is 2. The number of thioether (sulfide) groups is 1. The van der Waals surface area contributed by atoms with Gasteiger partial charge in [-0.2, -0.15) is 0 Å². The second kappa shape index (κ2) is 8.90. The highest BCUT2D eigenvalue weighted by atomic mass is 35.5. The molecule has 2 aromatic rings. The van der Waals surface area contributed by atoms with Crippen LogP contribution < -0.4 is 10.6 Å². The van der Waals surface area contributed by atoms with Gasteiger partial charge >= 0.3 is 0 Å². The number of carbonyl (C=O) groups is 1. The third-order valence-corrected chi connectivity index (χ3v) is 4.20. The number of halogens is 2. The predicted molar refractivity (Wildman–Crippen MR) is 89.9 cm³/mol. The van der Waals surface area contributed by atoms with Crippen molar-refractivity contribution in [3.8, 4) is 0 Å². The van der Waals surface area contributed by atoms with Crippen molar-refractivity contribution in [3.63, 3.8) is 0 Å². The normalized spacial score (nSPS) is 10.6. The molecule has 0 fully saturated rings. The minimum absolute atomic E-state index is 0.0374. The molecule has 1 amide bonds. The molecule has 0 spiro atoms. The summed E-state index contributed by atoms with van der Waals surface area (Å²) in [6, 6.07) is 1.61.